The maximum absolute atomic E-state index is 12.9. The van der Waals surface area contributed by atoms with Gasteiger partial charge in [-0.25, -0.2) is 8.42 Å². The van der Waals surface area contributed by atoms with Crippen LogP contribution in [0.3, 0.4) is 0 Å². The zero-order valence-electron chi connectivity index (χ0n) is 11.2. The first-order valence-electron chi connectivity index (χ1n) is 6.78. The van der Waals surface area contributed by atoms with Crippen molar-refractivity contribution < 1.29 is 8.42 Å². The van der Waals surface area contributed by atoms with Crippen molar-refractivity contribution in [2.24, 2.45) is 0 Å². The van der Waals surface area contributed by atoms with Gasteiger partial charge in [0.25, 0.3) is 0 Å². The lowest BCUT2D eigenvalue weighted by Gasteiger charge is -2.24. The number of sulfonamides is 1. The molecule has 1 N–H and O–H groups in total. The van der Waals surface area contributed by atoms with Crippen molar-refractivity contribution in [3.05, 3.63) is 27.2 Å². The van der Waals surface area contributed by atoms with Crippen LogP contribution in [0.25, 0.3) is 0 Å². The summed E-state index contributed by atoms with van der Waals surface area (Å²) in [5.74, 6) is 0. The average molecular weight is 370 g/mol. The molecule has 2 fully saturated rings. The van der Waals surface area contributed by atoms with Gasteiger partial charge in [-0.15, -0.1) is 0 Å². The fourth-order valence-electron chi connectivity index (χ4n) is 3.03. The summed E-state index contributed by atoms with van der Waals surface area (Å²) in [4.78, 5) is -0.0481. The summed E-state index contributed by atoms with van der Waals surface area (Å²) in [5, 5.41) is 3.90. The predicted molar refractivity (Wildman–Crippen MR) is 84.8 cm³/mol. The van der Waals surface area contributed by atoms with Gasteiger partial charge in [-0.2, -0.15) is 4.31 Å². The molecule has 2 atom stereocenters. The first-order chi connectivity index (χ1) is 9.88. The molecule has 0 radical (unpaired) electrons. The van der Waals surface area contributed by atoms with Gasteiger partial charge in [0.15, 0.2) is 0 Å². The van der Waals surface area contributed by atoms with Crippen LogP contribution in [0.15, 0.2) is 17.0 Å². The summed E-state index contributed by atoms with van der Waals surface area (Å²) >= 11 is 18.0. The number of hydrogen-bond acceptors (Lipinski definition) is 3. The summed E-state index contributed by atoms with van der Waals surface area (Å²) in [6.45, 7) is 0.930. The monoisotopic (exact) mass is 368 g/mol. The van der Waals surface area contributed by atoms with Crippen LogP contribution in [0, 0.1) is 0 Å². The number of nitrogens with one attached hydrogen (secondary N) is 1. The molecule has 2 unspecified atom stereocenters. The van der Waals surface area contributed by atoms with E-state index in [0.29, 0.717) is 24.2 Å². The standard InChI is InChI=1S/C13H15Cl3N2O2S/c14-8-5-11(15)13(12(16)6-8)21(19,20)18-4-3-9-1-2-10(7-18)17-9/h5-6,9-10,17H,1-4,7H2. The van der Waals surface area contributed by atoms with Crippen LogP contribution in [0.5, 0.6) is 0 Å². The second kappa shape index (κ2) is 5.87. The van der Waals surface area contributed by atoms with Gasteiger partial charge >= 0.3 is 0 Å². The van der Waals surface area contributed by atoms with E-state index < -0.39 is 10.0 Å². The second-order valence-corrected chi connectivity index (χ2v) is 8.61. The fourth-order valence-corrected chi connectivity index (χ4v) is 6.03. The minimum Gasteiger partial charge on any atom is -0.310 e. The Morgan fingerprint density at radius 1 is 1.05 bits per heavy atom. The number of nitrogens with zero attached hydrogens (tertiary/aromatic N) is 1. The summed E-state index contributed by atoms with van der Waals surface area (Å²) in [5.41, 5.74) is 0. The molecular weight excluding hydrogens is 355 g/mol. The van der Waals surface area contributed by atoms with Crippen molar-refractivity contribution in [3.8, 4) is 0 Å². The highest BCUT2D eigenvalue weighted by Crippen LogP contribution is 2.35. The maximum atomic E-state index is 12.9. The molecule has 2 saturated heterocycles. The molecule has 21 heavy (non-hydrogen) atoms. The fraction of sp³-hybridized carbons (Fsp3) is 0.538. The summed E-state index contributed by atoms with van der Waals surface area (Å²) in [6.07, 6.45) is 2.92. The van der Waals surface area contributed by atoms with E-state index in [4.69, 9.17) is 34.8 Å². The minimum atomic E-state index is -3.72. The van der Waals surface area contributed by atoms with Gasteiger partial charge in [-0.3, -0.25) is 0 Å². The number of fused-ring (bicyclic) bond motifs is 2. The number of benzene rings is 1. The largest absolute Gasteiger partial charge is 0.310 e. The Morgan fingerprint density at radius 2 is 1.67 bits per heavy atom. The van der Waals surface area contributed by atoms with Gasteiger partial charge in [0.2, 0.25) is 10.0 Å². The molecule has 116 valence electrons. The quantitative estimate of drug-likeness (QED) is 0.871. The van der Waals surface area contributed by atoms with E-state index in [9.17, 15) is 8.42 Å². The van der Waals surface area contributed by atoms with Crippen LogP contribution in [0.1, 0.15) is 19.3 Å². The Kier molecular flexibility index (Phi) is 4.43. The first-order valence-corrected chi connectivity index (χ1v) is 9.36. The molecule has 0 amide bonds. The highest BCUT2D eigenvalue weighted by Gasteiger charge is 2.36. The van der Waals surface area contributed by atoms with E-state index in [1.165, 1.54) is 16.4 Å². The molecule has 2 heterocycles. The van der Waals surface area contributed by atoms with E-state index in [0.717, 1.165) is 19.3 Å². The summed E-state index contributed by atoms with van der Waals surface area (Å²) in [6, 6.07) is 3.43. The lowest BCUT2D eigenvalue weighted by atomic mass is 10.1. The SMILES string of the molecule is O=S(=O)(c1c(Cl)cc(Cl)cc1Cl)N1CCC2CCC(C1)N2. The molecule has 1 aromatic carbocycles. The third-order valence-corrected chi connectivity index (χ3v) is 7.05. The number of hydrogen-bond donors (Lipinski definition) is 1. The number of rotatable bonds is 2. The third kappa shape index (κ3) is 3.05. The zero-order chi connectivity index (χ0) is 15.2. The molecule has 0 aliphatic carbocycles. The maximum Gasteiger partial charge on any atom is 0.246 e. The van der Waals surface area contributed by atoms with Gasteiger partial charge in [-0.05, 0) is 31.4 Å². The van der Waals surface area contributed by atoms with E-state index >= 15 is 0 Å². The molecule has 0 aromatic heterocycles. The van der Waals surface area contributed by atoms with Gasteiger partial charge in [0.05, 0.1) is 10.0 Å². The van der Waals surface area contributed by atoms with Crippen molar-refractivity contribution in [3.63, 3.8) is 0 Å². The van der Waals surface area contributed by atoms with Crippen LogP contribution >= 0.6 is 34.8 Å². The highest BCUT2D eigenvalue weighted by atomic mass is 35.5. The Labute approximate surface area is 139 Å². The molecule has 4 nitrogen and oxygen atoms in total. The van der Waals surface area contributed by atoms with Crippen LogP contribution < -0.4 is 5.32 Å². The smallest absolute Gasteiger partial charge is 0.246 e. The molecule has 2 bridgehead atoms. The molecule has 0 spiro atoms. The topological polar surface area (TPSA) is 49.4 Å². The first kappa shape index (κ1) is 15.8. The predicted octanol–water partition coefficient (Wildman–Crippen LogP) is 3.16. The Balaban J connectivity index is 1.97. The van der Waals surface area contributed by atoms with Gasteiger partial charge in [-0.1, -0.05) is 34.8 Å². The molecule has 1 aromatic rings. The molecule has 2 aliphatic heterocycles. The molecule has 8 heteroatoms. The second-order valence-electron chi connectivity index (χ2n) is 5.49. The van der Waals surface area contributed by atoms with E-state index in [-0.39, 0.29) is 21.0 Å². The van der Waals surface area contributed by atoms with Crippen molar-refractivity contribution in [1.82, 2.24) is 9.62 Å². The Morgan fingerprint density at radius 3 is 2.33 bits per heavy atom. The molecular formula is C13H15Cl3N2O2S. The van der Waals surface area contributed by atoms with Crippen LogP contribution in [-0.2, 0) is 10.0 Å². The summed E-state index contributed by atoms with van der Waals surface area (Å²) < 4.78 is 27.2. The Hall–Kier alpha value is -0.0400. The van der Waals surface area contributed by atoms with Crippen LogP contribution in [-0.4, -0.2) is 37.9 Å². The van der Waals surface area contributed by atoms with Crippen LogP contribution in [0.4, 0.5) is 0 Å². The van der Waals surface area contributed by atoms with Crippen molar-refractivity contribution in [2.75, 3.05) is 13.1 Å². The Bertz CT molecular complexity index is 642. The number of halogens is 3. The van der Waals surface area contributed by atoms with E-state index in [2.05, 4.69) is 5.32 Å². The molecule has 2 aliphatic rings. The van der Waals surface area contributed by atoms with Crippen molar-refractivity contribution in [1.29, 1.82) is 0 Å². The van der Waals surface area contributed by atoms with Crippen LogP contribution in [0.2, 0.25) is 15.1 Å². The molecule has 0 saturated carbocycles. The zero-order valence-corrected chi connectivity index (χ0v) is 14.2. The molecule has 3 rings (SSSR count). The normalized spacial score (nSPS) is 26.8. The van der Waals surface area contributed by atoms with Crippen molar-refractivity contribution in [2.45, 2.75) is 36.2 Å². The van der Waals surface area contributed by atoms with Gasteiger partial charge in [0, 0.05) is 30.2 Å². The minimum absolute atomic E-state index is 0.0481. The van der Waals surface area contributed by atoms with Crippen molar-refractivity contribution >= 4 is 44.8 Å². The van der Waals surface area contributed by atoms with Gasteiger partial charge < -0.3 is 5.32 Å². The summed E-state index contributed by atoms with van der Waals surface area (Å²) in [7, 11) is -3.72. The average Bonchev–Trinajstić information content (AvgIpc) is 2.66. The van der Waals surface area contributed by atoms with E-state index in [1.54, 1.807) is 0 Å². The van der Waals surface area contributed by atoms with E-state index in [1.807, 2.05) is 0 Å². The highest BCUT2D eigenvalue weighted by molar-refractivity contribution is 7.89. The van der Waals surface area contributed by atoms with Gasteiger partial charge in [0.1, 0.15) is 4.90 Å². The lowest BCUT2D eigenvalue weighted by Crippen LogP contribution is -2.39. The third-order valence-electron chi connectivity index (χ3n) is 4.05. The lowest BCUT2D eigenvalue weighted by molar-refractivity contribution is 0.383.